The summed E-state index contributed by atoms with van der Waals surface area (Å²) in [4.78, 5) is 0. The molecule has 384 valence electrons. The van der Waals surface area contributed by atoms with Gasteiger partial charge in [-0.1, -0.05) is 216 Å². The smallest absolute Gasteiger partial charge is 0.147 e. The van der Waals surface area contributed by atoms with Crippen LogP contribution in [-0.2, 0) is 4.74 Å². The van der Waals surface area contributed by atoms with Gasteiger partial charge in [0.2, 0.25) is 0 Å². The molecule has 2 fully saturated rings. The van der Waals surface area contributed by atoms with Gasteiger partial charge in [-0.15, -0.1) is 20.4 Å². The van der Waals surface area contributed by atoms with Crippen LogP contribution in [0.15, 0.2) is 48.5 Å². The monoisotopic (exact) mass is 979 g/mol. The van der Waals surface area contributed by atoms with Crippen molar-refractivity contribution < 1.29 is 4.74 Å². The van der Waals surface area contributed by atoms with Crippen molar-refractivity contribution in [2.24, 2.45) is 22.7 Å². The lowest BCUT2D eigenvalue weighted by atomic mass is 9.80. The van der Waals surface area contributed by atoms with Crippen LogP contribution in [0.2, 0.25) is 0 Å². The largest absolute Gasteiger partial charge is 0.366 e. The van der Waals surface area contributed by atoms with Crippen molar-refractivity contribution in [1.82, 2.24) is 20.4 Å². The second-order valence-electron chi connectivity index (χ2n) is 23.7. The SMILES string of the molecule is CCCCCCC1CCC(c2nnc(-c3ccc(C(CCCC(C)(C)CCCC)OC(CCCC(C)(C)CCCC)c4ccc(-c5nnc(C6CCC(CCCCCC)CC6)s5)cc4)cc3)s2)CC1. The fraction of sp³-hybridized carbons (Fsp3) is 0.742. The minimum absolute atomic E-state index is 0.0121. The molecular weight excluding hydrogens is 881 g/mol. The molecule has 0 amide bonds. The predicted molar refractivity (Wildman–Crippen MR) is 298 cm³/mol. The number of aromatic nitrogens is 4. The van der Waals surface area contributed by atoms with Gasteiger partial charge in [-0.25, -0.2) is 0 Å². The molecule has 5 nitrogen and oxygen atoms in total. The molecule has 2 unspecified atom stereocenters. The second kappa shape index (κ2) is 29.3. The fourth-order valence-corrected chi connectivity index (χ4v) is 13.8. The summed E-state index contributed by atoms with van der Waals surface area (Å²) >= 11 is 3.66. The third kappa shape index (κ3) is 18.5. The zero-order valence-corrected chi connectivity index (χ0v) is 46.9. The normalized spacial score (nSPS) is 20.1. The van der Waals surface area contributed by atoms with Gasteiger partial charge in [0.15, 0.2) is 0 Å². The van der Waals surface area contributed by atoms with E-state index in [9.17, 15) is 0 Å². The van der Waals surface area contributed by atoms with E-state index in [1.165, 1.54) is 199 Å². The Balaban J connectivity index is 1.16. The van der Waals surface area contributed by atoms with E-state index in [0.717, 1.165) is 47.5 Å². The van der Waals surface area contributed by atoms with Gasteiger partial charge in [0.05, 0.1) is 12.2 Å². The average molecular weight is 980 g/mol. The van der Waals surface area contributed by atoms with Crippen molar-refractivity contribution in [1.29, 1.82) is 0 Å². The highest BCUT2D eigenvalue weighted by molar-refractivity contribution is 7.15. The maximum atomic E-state index is 7.51. The molecule has 0 saturated heterocycles. The van der Waals surface area contributed by atoms with E-state index in [-0.39, 0.29) is 12.2 Å². The number of nitrogens with zero attached hydrogens (tertiary/aromatic N) is 4. The van der Waals surface area contributed by atoms with E-state index in [2.05, 4.69) is 104 Å². The van der Waals surface area contributed by atoms with Crippen LogP contribution in [-0.4, -0.2) is 20.4 Å². The minimum atomic E-state index is 0.0121. The zero-order chi connectivity index (χ0) is 48.9. The molecule has 6 rings (SSSR count). The summed E-state index contributed by atoms with van der Waals surface area (Å²) in [6.07, 6.45) is 38.8. The second-order valence-corrected chi connectivity index (χ2v) is 25.7. The van der Waals surface area contributed by atoms with Gasteiger partial charge < -0.3 is 4.74 Å². The molecule has 7 heteroatoms. The van der Waals surface area contributed by atoms with Gasteiger partial charge in [0.25, 0.3) is 0 Å². The molecule has 2 aromatic carbocycles. The van der Waals surface area contributed by atoms with Crippen LogP contribution in [0.1, 0.15) is 293 Å². The molecule has 0 radical (unpaired) electrons. The summed E-state index contributed by atoms with van der Waals surface area (Å²) < 4.78 is 7.51. The Labute approximate surface area is 431 Å². The van der Waals surface area contributed by atoms with Crippen molar-refractivity contribution in [2.75, 3.05) is 0 Å². The Morgan fingerprint density at radius 2 is 0.812 bits per heavy atom. The number of hydrogen-bond donors (Lipinski definition) is 0. The van der Waals surface area contributed by atoms with Gasteiger partial charge in [-0.2, -0.15) is 0 Å². The van der Waals surface area contributed by atoms with E-state index in [4.69, 9.17) is 25.1 Å². The molecule has 4 aromatic rings. The fourth-order valence-electron chi connectivity index (χ4n) is 11.7. The lowest BCUT2D eigenvalue weighted by Gasteiger charge is -2.30. The average Bonchev–Trinajstić information content (AvgIpc) is 4.07. The molecule has 2 heterocycles. The molecule has 0 spiro atoms. The van der Waals surface area contributed by atoms with Crippen LogP contribution in [0.5, 0.6) is 0 Å². The Hall–Kier alpha value is -2.48. The molecule has 69 heavy (non-hydrogen) atoms. The van der Waals surface area contributed by atoms with E-state index in [1.807, 2.05) is 22.7 Å². The summed E-state index contributed by atoms with van der Waals surface area (Å²) in [6.45, 7) is 19.1. The van der Waals surface area contributed by atoms with Crippen LogP contribution >= 0.6 is 22.7 Å². The van der Waals surface area contributed by atoms with E-state index >= 15 is 0 Å². The Bertz CT molecular complexity index is 1830. The number of unbranched alkanes of at least 4 members (excludes halogenated alkanes) is 8. The van der Waals surface area contributed by atoms with E-state index in [0.29, 0.717) is 22.7 Å². The van der Waals surface area contributed by atoms with Crippen molar-refractivity contribution in [3.63, 3.8) is 0 Å². The summed E-state index contributed by atoms with van der Waals surface area (Å²) in [5, 5.41) is 23.8. The summed E-state index contributed by atoms with van der Waals surface area (Å²) in [7, 11) is 0. The van der Waals surface area contributed by atoms with Crippen molar-refractivity contribution in [2.45, 2.75) is 272 Å². The van der Waals surface area contributed by atoms with Crippen molar-refractivity contribution in [3.8, 4) is 21.1 Å². The predicted octanol–water partition coefficient (Wildman–Crippen LogP) is 20.8. The first-order valence-electron chi connectivity index (χ1n) is 29.0. The minimum Gasteiger partial charge on any atom is -0.366 e. The topological polar surface area (TPSA) is 60.8 Å². The number of rotatable bonds is 32. The lowest BCUT2D eigenvalue weighted by Crippen LogP contribution is -2.15. The number of hydrogen-bond acceptors (Lipinski definition) is 7. The zero-order valence-electron chi connectivity index (χ0n) is 45.3. The Morgan fingerprint density at radius 3 is 1.17 bits per heavy atom. The van der Waals surface area contributed by atoms with Gasteiger partial charge in [0, 0.05) is 23.0 Å². The Morgan fingerprint density at radius 1 is 0.449 bits per heavy atom. The molecule has 2 aliphatic carbocycles. The maximum Gasteiger partial charge on any atom is 0.147 e. The van der Waals surface area contributed by atoms with Crippen molar-refractivity contribution in [3.05, 3.63) is 69.7 Å². The number of benzene rings is 2. The lowest BCUT2D eigenvalue weighted by molar-refractivity contribution is -0.0284. The molecule has 2 aromatic heterocycles. The highest BCUT2D eigenvalue weighted by Gasteiger charge is 2.28. The summed E-state index contributed by atoms with van der Waals surface area (Å²) in [5.74, 6) is 2.96. The molecule has 2 atom stereocenters. The summed E-state index contributed by atoms with van der Waals surface area (Å²) in [5.41, 5.74) is 5.60. The highest BCUT2D eigenvalue weighted by atomic mass is 32.1. The molecule has 2 saturated carbocycles. The first-order valence-corrected chi connectivity index (χ1v) is 30.7. The van der Waals surface area contributed by atoms with Crippen LogP contribution in [0.3, 0.4) is 0 Å². The van der Waals surface area contributed by atoms with Gasteiger partial charge in [-0.05, 0) is 137 Å². The number of ether oxygens (including phenoxy) is 1. The third-order valence-electron chi connectivity index (χ3n) is 16.6. The Kier molecular flexibility index (Phi) is 23.7. The van der Waals surface area contributed by atoms with Gasteiger partial charge in [-0.3, -0.25) is 0 Å². The van der Waals surface area contributed by atoms with Gasteiger partial charge >= 0.3 is 0 Å². The standard InChI is InChI=1S/C62H98N4OS2/c1-9-13-17-19-23-47-27-31-51(32-28-47)57-63-65-59(68-57)53-39-35-49(36-40-53)55(25-21-45-61(5,6)43-15-11-3)67-56(26-22-46-62(7,8)44-16-12-4)50-37-41-54(42-38-50)60-66-64-58(69-60)52-33-29-48(30-34-52)24-20-18-14-10-2/h35-42,47-48,51-52,55-56H,9-34,43-46H2,1-8H3. The van der Waals surface area contributed by atoms with Crippen LogP contribution < -0.4 is 0 Å². The first-order chi connectivity index (χ1) is 33.5. The molecule has 0 aliphatic heterocycles. The third-order valence-corrected chi connectivity index (χ3v) is 18.9. The van der Waals surface area contributed by atoms with Gasteiger partial charge in [0.1, 0.15) is 20.0 Å². The van der Waals surface area contributed by atoms with Crippen LogP contribution in [0.4, 0.5) is 0 Å². The molecular formula is C62H98N4OS2. The molecule has 0 bridgehead atoms. The van der Waals surface area contributed by atoms with Crippen LogP contribution in [0, 0.1) is 22.7 Å². The van der Waals surface area contributed by atoms with Crippen molar-refractivity contribution >= 4 is 22.7 Å². The quantitative estimate of drug-likeness (QED) is 0.0456. The molecule has 0 N–H and O–H groups in total. The van der Waals surface area contributed by atoms with Crippen LogP contribution in [0.25, 0.3) is 21.1 Å². The summed E-state index contributed by atoms with van der Waals surface area (Å²) in [6, 6.07) is 18.6. The highest BCUT2D eigenvalue weighted by Crippen LogP contribution is 2.44. The maximum absolute atomic E-state index is 7.51. The van der Waals surface area contributed by atoms with E-state index < -0.39 is 0 Å². The first kappa shape index (κ1) is 55.8. The molecule has 2 aliphatic rings. The van der Waals surface area contributed by atoms with E-state index in [1.54, 1.807) is 0 Å².